The van der Waals surface area contributed by atoms with Gasteiger partial charge in [0.15, 0.2) is 0 Å². The number of hydrogen-bond donors (Lipinski definition) is 1. The molecule has 5 nitrogen and oxygen atoms in total. The molecule has 1 N–H and O–H groups in total. The summed E-state index contributed by atoms with van der Waals surface area (Å²) in [5.41, 5.74) is 5.12. The van der Waals surface area contributed by atoms with Gasteiger partial charge in [-0.3, -0.25) is 4.79 Å². The van der Waals surface area contributed by atoms with Crippen LogP contribution in [0.4, 0.5) is 0 Å². The van der Waals surface area contributed by atoms with Gasteiger partial charge in [-0.25, -0.2) is 4.98 Å². The van der Waals surface area contributed by atoms with Crippen molar-refractivity contribution >= 4 is 5.91 Å². The predicted molar refractivity (Wildman–Crippen MR) is 89.2 cm³/mol. The molecule has 0 aliphatic carbocycles. The van der Waals surface area contributed by atoms with Gasteiger partial charge in [0, 0.05) is 30.8 Å². The third kappa shape index (κ3) is 3.18. The van der Waals surface area contributed by atoms with Crippen LogP contribution in [0.2, 0.25) is 0 Å². The number of pyridine rings is 1. The van der Waals surface area contributed by atoms with Crippen LogP contribution in [-0.2, 0) is 11.2 Å². The lowest BCUT2D eigenvalue weighted by atomic mass is 10.0. The largest absolute Gasteiger partial charge is 0.418 e. The van der Waals surface area contributed by atoms with Crippen molar-refractivity contribution in [3.05, 3.63) is 54.4 Å². The molecular weight excluding hydrogens is 290 g/mol. The van der Waals surface area contributed by atoms with E-state index in [0.717, 1.165) is 28.1 Å². The second-order valence-electron chi connectivity index (χ2n) is 5.32. The smallest absolute Gasteiger partial charge is 0.216 e. The first kappa shape index (κ1) is 15.1. The number of hydrogen-bond acceptors (Lipinski definition) is 3. The number of carbonyl (C=O) groups excluding carboxylic acids is 1. The lowest BCUT2D eigenvalue weighted by Gasteiger charge is -2.09. The van der Waals surface area contributed by atoms with Gasteiger partial charge >= 0.3 is 0 Å². The number of aromatic nitrogens is 2. The van der Waals surface area contributed by atoms with E-state index in [2.05, 4.69) is 5.32 Å². The van der Waals surface area contributed by atoms with Crippen LogP contribution in [0.1, 0.15) is 12.5 Å². The van der Waals surface area contributed by atoms with Crippen molar-refractivity contribution in [3.8, 4) is 22.5 Å². The van der Waals surface area contributed by atoms with Crippen LogP contribution in [0.15, 0.2) is 48.8 Å². The van der Waals surface area contributed by atoms with Gasteiger partial charge in [0.2, 0.25) is 5.91 Å². The number of nitrogens with one attached hydrogen (secondary N) is 1. The summed E-state index contributed by atoms with van der Waals surface area (Å²) in [7, 11) is 1.62. The fourth-order valence-electron chi connectivity index (χ4n) is 2.68. The minimum Gasteiger partial charge on any atom is -0.418 e. The Balaban J connectivity index is 2.06. The third-order valence-corrected chi connectivity index (χ3v) is 3.76. The molecule has 0 spiro atoms. The summed E-state index contributed by atoms with van der Waals surface area (Å²) in [6, 6.07) is 12.0. The fraction of sp³-hybridized carbons (Fsp3) is 0.222. The topological polar surface area (TPSA) is 56.1 Å². The Bertz CT molecular complexity index is 780. The second kappa shape index (κ2) is 6.52. The molecule has 0 saturated carbocycles. The van der Waals surface area contributed by atoms with Crippen LogP contribution in [0.5, 0.6) is 0 Å². The number of benzene rings is 1. The van der Waals surface area contributed by atoms with E-state index in [1.54, 1.807) is 11.8 Å². The van der Waals surface area contributed by atoms with Crippen molar-refractivity contribution in [2.45, 2.75) is 13.3 Å². The summed E-state index contributed by atoms with van der Waals surface area (Å²) in [6.07, 6.45) is 4.48. The maximum atomic E-state index is 11.1. The van der Waals surface area contributed by atoms with E-state index < -0.39 is 0 Å². The zero-order valence-corrected chi connectivity index (χ0v) is 13.2. The standard InChI is InChI=1S/C18H19N3O2/c1-13(22)19-10-8-15-16-12-21(23-2)11-9-17(16)20-18(15)14-6-4-3-5-7-14/h3-7,9,11-12H,8,10H2,1-2H3,(H,19,22). The number of fused-ring (bicyclic) bond motifs is 1. The first-order chi connectivity index (χ1) is 11.2. The maximum Gasteiger partial charge on any atom is 0.216 e. The number of rotatable bonds is 5. The molecular formula is C18H19N3O2. The van der Waals surface area contributed by atoms with Gasteiger partial charge < -0.3 is 10.2 Å². The Morgan fingerprint density at radius 1 is 1.26 bits per heavy atom. The van der Waals surface area contributed by atoms with Crippen LogP contribution in [0.25, 0.3) is 22.5 Å². The molecule has 0 radical (unpaired) electrons. The predicted octanol–water partition coefficient (Wildman–Crippen LogP) is 2.39. The molecule has 1 amide bonds. The zero-order valence-electron chi connectivity index (χ0n) is 13.2. The van der Waals surface area contributed by atoms with Crippen LogP contribution in [0, 0.1) is 0 Å². The molecule has 2 heterocycles. The highest BCUT2D eigenvalue weighted by atomic mass is 16.6. The Hall–Kier alpha value is -2.82. The van der Waals surface area contributed by atoms with Crippen LogP contribution < -0.4 is 10.2 Å². The first-order valence-corrected chi connectivity index (χ1v) is 7.54. The van der Waals surface area contributed by atoms with E-state index in [4.69, 9.17) is 9.82 Å². The van der Waals surface area contributed by atoms with Gasteiger partial charge in [-0.15, -0.1) is 0 Å². The molecule has 3 rings (SSSR count). The van der Waals surface area contributed by atoms with Gasteiger partial charge in [0.25, 0.3) is 0 Å². The Kier molecular flexibility index (Phi) is 4.28. The Morgan fingerprint density at radius 2 is 2.04 bits per heavy atom. The normalized spacial score (nSPS) is 10.7. The van der Waals surface area contributed by atoms with E-state index >= 15 is 0 Å². The molecule has 0 atom stereocenters. The lowest BCUT2D eigenvalue weighted by Crippen LogP contribution is -2.22. The van der Waals surface area contributed by atoms with Crippen LogP contribution in [0.3, 0.4) is 0 Å². The fourth-order valence-corrected chi connectivity index (χ4v) is 2.68. The van der Waals surface area contributed by atoms with E-state index in [1.165, 1.54) is 6.92 Å². The lowest BCUT2D eigenvalue weighted by molar-refractivity contribution is -0.118. The molecule has 0 fully saturated rings. The molecule has 2 aliphatic heterocycles. The van der Waals surface area contributed by atoms with Crippen molar-refractivity contribution < 1.29 is 9.63 Å². The van der Waals surface area contributed by atoms with Gasteiger partial charge in [-0.05, 0) is 18.1 Å². The summed E-state index contributed by atoms with van der Waals surface area (Å²) < 4.78 is 1.65. The Labute approximate surface area is 135 Å². The number of nitrogens with zero attached hydrogens (tertiary/aromatic N) is 2. The molecule has 2 aliphatic rings. The summed E-state index contributed by atoms with van der Waals surface area (Å²) in [4.78, 5) is 21.2. The summed E-state index contributed by atoms with van der Waals surface area (Å²) >= 11 is 0. The molecule has 0 bridgehead atoms. The third-order valence-electron chi connectivity index (χ3n) is 3.76. The monoisotopic (exact) mass is 309 g/mol. The zero-order chi connectivity index (χ0) is 16.2. The SMILES string of the molecule is COn1ccc2nc(-c3ccccc3)c(CCNC(C)=O)c-2c1. The first-order valence-electron chi connectivity index (χ1n) is 7.54. The summed E-state index contributed by atoms with van der Waals surface area (Å²) in [5.74, 6) is -0.0259. The highest BCUT2D eigenvalue weighted by Crippen LogP contribution is 2.34. The highest BCUT2D eigenvalue weighted by molar-refractivity contribution is 5.79. The molecule has 0 aromatic heterocycles. The minimum absolute atomic E-state index is 0.0259. The van der Waals surface area contributed by atoms with Gasteiger partial charge in [-0.2, -0.15) is 4.73 Å². The van der Waals surface area contributed by atoms with Crippen molar-refractivity contribution in [2.75, 3.05) is 13.7 Å². The quantitative estimate of drug-likeness (QED) is 0.787. The molecule has 0 saturated heterocycles. The van der Waals surface area contributed by atoms with Gasteiger partial charge in [-0.1, -0.05) is 30.3 Å². The minimum atomic E-state index is -0.0259. The number of carbonyl (C=O) groups is 1. The van der Waals surface area contributed by atoms with Crippen molar-refractivity contribution in [1.29, 1.82) is 0 Å². The van der Waals surface area contributed by atoms with Gasteiger partial charge in [0.1, 0.15) is 7.11 Å². The average molecular weight is 309 g/mol. The van der Waals surface area contributed by atoms with E-state index in [0.29, 0.717) is 13.0 Å². The highest BCUT2D eigenvalue weighted by Gasteiger charge is 2.19. The summed E-state index contributed by atoms with van der Waals surface area (Å²) in [5, 5.41) is 2.85. The summed E-state index contributed by atoms with van der Waals surface area (Å²) in [6.45, 7) is 2.11. The number of amides is 1. The van der Waals surface area contributed by atoms with E-state index in [-0.39, 0.29) is 5.91 Å². The average Bonchev–Trinajstić information content (AvgIpc) is 2.93. The molecule has 5 heteroatoms. The van der Waals surface area contributed by atoms with E-state index in [9.17, 15) is 4.79 Å². The molecule has 1 aromatic carbocycles. The van der Waals surface area contributed by atoms with Crippen LogP contribution in [-0.4, -0.2) is 29.3 Å². The molecule has 118 valence electrons. The van der Waals surface area contributed by atoms with E-state index in [1.807, 2.05) is 48.8 Å². The Morgan fingerprint density at radius 3 is 2.74 bits per heavy atom. The van der Waals surface area contributed by atoms with Crippen LogP contribution >= 0.6 is 0 Å². The van der Waals surface area contributed by atoms with Crippen molar-refractivity contribution in [1.82, 2.24) is 15.0 Å². The van der Waals surface area contributed by atoms with Crippen molar-refractivity contribution in [2.24, 2.45) is 0 Å². The molecule has 23 heavy (non-hydrogen) atoms. The second-order valence-corrected chi connectivity index (χ2v) is 5.32. The maximum absolute atomic E-state index is 11.1. The van der Waals surface area contributed by atoms with Crippen molar-refractivity contribution in [3.63, 3.8) is 0 Å². The molecule has 0 unspecified atom stereocenters. The van der Waals surface area contributed by atoms with Gasteiger partial charge in [0.05, 0.1) is 17.6 Å². The molecule has 1 aromatic rings.